The van der Waals surface area contributed by atoms with Crippen LogP contribution >= 0.6 is 0 Å². The maximum absolute atomic E-state index is 5.65. The molecule has 0 radical (unpaired) electrons. The molecule has 2 aromatic rings. The Morgan fingerprint density at radius 1 is 1.15 bits per heavy atom. The molecule has 4 nitrogen and oxygen atoms in total. The Labute approximate surface area is 120 Å². The number of aryl methyl sites for hydroxylation is 2. The average Bonchev–Trinajstić information content (AvgIpc) is 2.40. The maximum Gasteiger partial charge on any atom is 0.322 e. The molecule has 0 amide bonds. The van der Waals surface area contributed by atoms with Crippen molar-refractivity contribution in [1.29, 1.82) is 0 Å². The van der Waals surface area contributed by atoms with Crippen LogP contribution in [0.1, 0.15) is 30.7 Å². The monoisotopic (exact) mass is 271 g/mol. The Bertz CT molecular complexity index is 564. The average molecular weight is 271 g/mol. The van der Waals surface area contributed by atoms with Gasteiger partial charge in [-0.3, -0.25) is 0 Å². The maximum atomic E-state index is 5.65. The molecule has 0 fully saturated rings. The molecular formula is C16H21N3O. The van der Waals surface area contributed by atoms with Gasteiger partial charge in [0.1, 0.15) is 5.75 Å². The van der Waals surface area contributed by atoms with E-state index in [-0.39, 0.29) is 0 Å². The highest BCUT2D eigenvalue weighted by Gasteiger charge is 2.06. The Kier molecular flexibility index (Phi) is 4.69. The van der Waals surface area contributed by atoms with E-state index >= 15 is 0 Å². The zero-order chi connectivity index (χ0) is 14.5. The molecular weight excluding hydrogens is 250 g/mol. The summed E-state index contributed by atoms with van der Waals surface area (Å²) in [5.41, 5.74) is 3.23. The topological polar surface area (TPSA) is 47.0 Å². The lowest BCUT2D eigenvalue weighted by molar-refractivity contribution is 0.438. The van der Waals surface area contributed by atoms with Gasteiger partial charge in [-0.15, -0.1) is 0 Å². The summed E-state index contributed by atoms with van der Waals surface area (Å²) in [6.45, 7) is 9.02. The van der Waals surface area contributed by atoms with Gasteiger partial charge < -0.3 is 10.1 Å². The minimum atomic E-state index is 0.389. The molecule has 4 heteroatoms. The molecule has 0 aliphatic carbocycles. The van der Waals surface area contributed by atoms with Crippen LogP contribution in [0.2, 0.25) is 0 Å². The van der Waals surface area contributed by atoms with Crippen LogP contribution in [-0.4, -0.2) is 16.0 Å². The lowest BCUT2D eigenvalue weighted by atomic mass is 10.2. The molecule has 1 N–H and O–H groups in total. The molecule has 1 aromatic heterocycles. The van der Waals surface area contributed by atoms with Crippen LogP contribution in [0.3, 0.4) is 0 Å². The van der Waals surface area contributed by atoms with Gasteiger partial charge in [0.15, 0.2) is 0 Å². The molecule has 0 aliphatic rings. The Morgan fingerprint density at radius 3 is 2.45 bits per heavy atom. The lowest BCUT2D eigenvalue weighted by Crippen LogP contribution is -2.22. The molecule has 1 aromatic carbocycles. The number of hydrogen-bond acceptors (Lipinski definition) is 4. The fourth-order valence-corrected chi connectivity index (χ4v) is 1.72. The largest absolute Gasteiger partial charge is 0.424 e. The number of benzene rings is 1. The summed E-state index contributed by atoms with van der Waals surface area (Å²) in [4.78, 5) is 8.66. The highest BCUT2D eigenvalue weighted by Crippen LogP contribution is 2.19. The molecule has 0 unspecified atom stereocenters. The normalized spacial score (nSPS) is 10.8. The first-order chi connectivity index (χ1) is 9.54. The fraction of sp³-hybridized carbons (Fsp3) is 0.375. The van der Waals surface area contributed by atoms with Crippen LogP contribution in [0.15, 0.2) is 30.5 Å². The third-order valence-corrected chi connectivity index (χ3v) is 2.99. The highest BCUT2D eigenvalue weighted by atomic mass is 16.5. The molecule has 0 atom stereocenters. The quantitative estimate of drug-likeness (QED) is 0.905. The van der Waals surface area contributed by atoms with Gasteiger partial charge in [-0.05, 0) is 26.0 Å². The van der Waals surface area contributed by atoms with Crippen molar-refractivity contribution in [2.24, 2.45) is 0 Å². The third-order valence-electron chi connectivity index (χ3n) is 2.99. The summed E-state index contributed by atoms with van der Waals surface area (Å²) in [5.74, 6) is 0.753. The second kappa shape index (κ2) is 6.48. The molecule has 106 valence electrons. The van der Waals surface area contributed by atoms with E-state index in [1.807, 2.05) is 44.3 Å². The predicted molar refractivity (Wildman–Crippen MR) is 80.0 cm³/mol. The second-order valence-corrected chi connectivity index (χ2v) is 5.21. The number of rotatable bonds is 5. The van der Waals surface area contributed by atoms with E-state index in [4.69, 9.17) is 4.74 Å². The Morgan fingerprint density at radius 2 is 1.85 bits per heavy atom. The first kappa shape index (κ1) is 14.5. The highest BCUT2D eigenvalue weighted by molar-refractivity contribution is 5.29. The number of ether oxygens (including phenoxy) is 1. The van der Waals surface area contributed by atoms with Crippen LogP contribution in [0.4, 0.5) is 0 Å². The van der Waals surface area contributed by atoms with Crippen molar-refractivity contribution in [1.82, 2.24) is 15.3 Å². The summed E-state index contributed by atoms with van der Waals surface area (Å²) in [5, 5.41) is 3.36. The van der Waals surface area contributed by atoms with Crippen molar-refractivity contribution in [2.45, 2.75) is 40.3 Å². The van der Waals surface area contributed by atoms with E-state index in [1.165, 1.54) is 5.56 Å². The van der Waals surface area contributed by atoms with E-state index in [2.05, 4.69) is 29.1 Å². The molecule has 0 saturated heterocycles. The van der Waals surface area contributed by atoms with Crippen molar-refractivity contribution in [3.05, 3.63) is 47.3 Å². The number of nitrogens with zero attached hydrogens (tertiary/aromatic N) is 2. The number of aromatic nitrogens is 2. The van der Waals surface area contributed by atoms with Crippen molar-refractivity contribution >= 4 is 0 Å². The standard InChI is InChI=1S/C16H21N3O/c1-11(2)17-9-14-10-18-16(19-13(14)4)20-15-7-5-12(3)6-8-15/h5-8,10-11,17H,9H2,1-4H3. The summed E-state index contributed by atoms with van der Waals surface area (Å²) >= 11 is 0. The first-order valence-electron chi connectivity index (χ1n) is 6.85. The Balaban J connectivity index is 2.06. The number of nitrogens with one attached hydrogen (secondary N) is 1. The molecule has 0 bridgehead atoms. The van der Waals surface area contributed by atoms with Crippen molar-refractivity contribution in [3.8, 4) is 11.8 Å². The van der Waals surface area contributed by atoms with E-state index in [0.29, 0.717) is 12.1 Å². The van der Waals surface area contributed by atoms with Crippen molar-refractivity contribution < 1.29 is 4.74 Å². The molecule has 0 spiro atoms. The van der Waals surface area contributed by atoms with Gasteiger partial charge >= 0.3 is 6.01 Å². The van der Waals surface area contributed by atoms with E-state index in [0.717, 1.165) is 23.6 Å². The van der Waals surface area contributed by atoms with Gasteiger partial charge in [0.2, 0.25) is 0 Å². The SMILES string of the molecule is Cc1ccc(Oc2ncc(CNC(C)C)c(C)n2)cc1. The van der Waals surface area contributed by atoms with Crippen LogP contribution in [0, 0.1) is 13.8 Å². The van der Waals surface area contributed by atoms with Gasteiger partial charge in [-0.2, -0.15) is 4.98 Å². The first-order valence-corrected chi connectivity index (χ1v) is 6.85. The van der Waals surface area contributed by atoms with Crippen LogP contribution in [-0.2, 0) is 6.54 Å². The number of hydrogen-bond donors (Lipinski definition) is 1. The summed E-state index contributed by atoms with van der Waals surface area (Å²) in [7, 11) is 0. The van der Waals surface area contributed by atoms with Crippen LogP contribution in [0.5, 0.6) is 11.8 Å². The van der Waals surface area contributed by atoms with Gasteiger partial charge in [-0.25, -0.2) is 4.98 Å². The molecule has 20 heavy (non-hydrogen) atoms. The minimum absolute atomic E-state index is 0.389. The van der Waals surface area contributed by atoms with Crippen LogP contribution in [0.25, 0.3) is 0 Å². The molecule has 0 aliphatic heterocycles. The third kappa shape index (κ3) is 4.03. The fourth-order valence-electron chi connectivity index (χ4n) is 1.72. The second-order valence-electron chi connectivity index (χ2n) is 5.21. The van der Waals surface area contributed by atoms with E-state index < -0.39 is 0 Å². The van der Waals surface area contributed by atoms with Crippen molar-refractivity contribution in [3.63, 3.8) is 0 Å². The zero-order valence-electron chi connectivity index (χ0n) is 12.5. The summed E-state index contributed by atoms with van der Waals surface area (Å²) < 4.78 is 5.65. The zero-order valence-corrected chi connectivity index (χ0v) is 12.5. The molecule has 2 rings (SSSR count). The van der Waals surface area contributed by atoms with Gasteiger partial charge in [-0.1, -0.05) is 31.5 Å². The van der Waals surface area contributed by atoms with Crippen LogP contribution < -0.4 is 10.1 Å². The molecule has 1 heterocycles. The van der Waals surface area contributed by atoms with Crippen molar-refractivity contribution in [2.75, 3.05) is 0 Å². The van der Waals surface area contributed by atoms with Gasteiger partial charge in [0, 0.05) is 30.0 Å². The van der Waals surface area contributed by atoms with E-state index in [9.17, 15) is 0 Å². The molecule has 0 saturated carbocycles. The van der Waals surface area contributed by atoms with E-state index in [1.54, 1.807) is 0 Å². The Hall–Kier alpha value is -1.94. The minimum Gasteiger partial charge on any atom is -0.424 e. The predicted octanol–water partition coefficient (Wildman–Crippen LogP) is 3.38. The van der Waals surface area contributed by atoms with Gasteiger partial charge in [0.05, 0.1) is 0 Å². The summed E-state index contributed by atoms with van der Waals surface area (Å²) in [6, 6.07) is 8.68. The smallest absolute Gasteiger partial charge is 0.322 e. The lowest BCUT2D eigenvalue weighted by Gasteiger charge is -2.10. The summed E-state index contributed by atoms with van der Waals surface area (Å²) in [6.07, 6.45) is 1.82. The van der Waals surface area contributed by atoms with Gasteiger partial charge in [0.25, 0.3) is 0 Å².